The van der Waals surface area contributed by atoms with Crippen LogP contribution < -0.4 is 5.32 Å². The summed E-state index contributed by atoms with van der Waals surface area (Å²) >= 11 is 2.49. The van der Waals surface area contributed by atoms with E-state index in [1.807, 2.05) is 0 Å². The predicted molar refractivity (Wildman–Crippen MR) is 99.3 cm³/mol. The van der Waals surface area contributed by atoms with Crippen LogP contribution in [0, 0.1) is 15.2 Å². The van der Waals surface area contributed by atoms with Gasteiger partial charge < -0.3 is 5.32 Å². The Bertz CT molecular complexity index is 902. The van der Waals surface area contributed by atoms with Crippen molar-refractivity contribution in [3.63, 3.8) is 0 Å². The Kier molecular flexibility index (Phi) is 5.42. The zero-order chi connectivity index (χ0) is 18.2. The van der Waals surface area contributed by atoms with Crippen molar-refractivity contribution in [2.45, 2.75) is 17.7 Å². The average molecular weight is 498 g/mol. The Balaban J connectivity index is 1.88. The van der Waals surface area contributed by atoms with Gasteiger partial charge in [-0.25, -0.2) is 17.2 Å². The Morgan fingerprint density at radius 1 is 1.20 bits per heavy atom. The smallest absolute Gasteiger partial charge is 0.267 e. The van der Waals surface area contributed by atoms with Crippen molar-refractivity contribution in [2.24, 2.45) is 0 Å². The fourth-order valence-electron chi connectivity index (χ4n) is 2.55. The fourth-order valence-corrected chi connectivity index (χ4v) is 5.67. The molecular weight excluding hydrogens is 485 g/mol. The van der Waals surface area contributed by atoms with E-state index in [4.69, 9.17) is 0 Å². The molecule has 25 heavy (non-hydrogen) atoms. The molecule has 0 saturated carbocycles. The zero-order valence-corrected chi connectivity index (χ0v) is 16.6. The summed E-state index contributed by atoms with van der Waals surface area (Å²) in [7, 11) is -3.75. The highest BCUT2D eigenvalue weighted by atomic mass is 127. The summed E-state index contributed by atoms with van der Waals surface area (Å²) in [6, 6.07) is 3.36. The van der Waals surface area contributed by atoms with Crippen LogP contribution in [0.5, 0.6) is 0 Å². The highest BCUT2D eigenvalue weighted by Gasteiger charge is 2.31. The van der Waals surface area contributed by atoms with Crippen molar-refractivity contribution in [3.8, 4) is 0 Å². The number of hydrogen-bond donors (Lipinski definition) is 1. The molecule has 134 valence electrons. The largest absolute Gasteiger partial charge is 0.321 e. The van der Waals surface area contributed by atoms with Gasteiger partial charge in [-0.05, 0) is 59.0 Å². The summed E-state index contributed by atoms with van der Waals surface area (Å²) in [5, 5.41) is 3.87. The highest BCUT2D eigenvalue weighted by molar-refractivity contribution is 14.1. The van der Waals surface area contributed by atoms with Crippen molar-refractivity contribution in [1.29, 1.82) is 0 Å². The lowest BCUT2D eigenvalue weighted by atomic mass is 10.3. The monoisotopic (exact) mass is 498 g/mol. The van der Waals surface area contributed by atoms with Gasteiger partial charge in [-0.15, -0.1) is 11.3 Å². The number of nitrogens with one attached hydrogen (secondary N) is 1. The molecule has 1 aromatic heterocycles. The summed E-state index contributed by atoms with van der Waals surface area (Å²) < 4.78 is 53.7. The summed E-state index contributed by atoms with van der Waals surface area (Å²) in [5.41, 5.74) is -0.0710. The standard InChI is InChI=1S/C15H13F2IN2O3S2/c16-10-7-9(8-11(17)13(10)18)19-15(21)14-12(3-6-24-14)25(22,23)20-4-1-2-5-20/h3,6-8H,1-2,4-5H2,(H,19,21). The molecule has 1 N–H and O–H groups in total. The lowest BCUT2D eigenvalue weighted by Gasteiger charge is -2.15. The number of anilines is 1. The van der Waals surface area contributed by atoms with Crippen molar-refractivity contribution < 1.29 is 22.0 Å². The molecule has 1 saturated heterocycles. The topological polar surface area (TPSA) is 66.5 Å². The Labute approximate surface area is 161 Å². The van der Waals surface area contributed by atoms with E-state index in [1.54, 1.807) is 0 Å². The molecule has 0 radical (unpaired) electrons. The second kappa shape index (κ2) is 7.25. The molecule has 0 atom stereocenters. The van der Waals surface area contributed by atoms with E-state index in [9.17, 15) is 22.0 Å². The van der Waals surface area contributed by atoms with Gasteiger partial charge in [-0.3, -0.25) is 4.79 Å². The van der Waals surface area contributed by atoms with Gasteiger partial charge in [-0.2, -0.15) is 4.31 Å². The SMILES string of the molecule is O=C(Nc1cc(F)c(I)c(F)c1)c1sccc1S(=O)(=O)N1CCCC1. The van der Waals surface area contributed by atoms with Gasteiger partial charge in [0.05, 0.1) is 3.57 Å². The zero-order valence-electron chi connectivity index (χ0n) is 12.8. The first-order valence-corrected chi connectivity index (χ1v) is 10.7. The molecule has 3 rings (SSSR count). The molecule has 1 amide bonds. The van der Waals surface area contributed by atoms with Crippen molar-refractivity contribution in [1.82, 2.24) is 4.31 Å². The molecule has 1 aliphatic rings. The summed E-state index contributed by atoms with van der Waals surface area (Å²) in [4.78, 5) is 12.3. The number of benzene rings is 1. The maximum Gasteiger partial charge on any atom is 0.267 e. The van der Waals surface area contributed by atoms with Gasteiger partial charge in [0.25, 0.3) is 5.91 Å². The van der Waals surface area contributed by atoms with E-state index in [0.29, 0.717) is 13.1 Å². The highest BCUT2D eigenvalue weighted by Crippen LogP contribution is 2.29. The maximum absolute atomic E-state index is 13.6. The lowest BCUT2D eigenvalue weighted by Crippen LogP contribution is -2.29. The third-order valence-corrected chi connectivity index (χ3v) is 7.77. The predicted octanol–water partition coefficient (Wildman–Crippen LogP) is 3.67. The quantitative estimate of drug-likeness (QED) is 0.517. The van der Waals surface area contributed by atoms with Crippen molar-refractivity contribution >= 4 is 55.5 Å². The van der Waals surface area contributed by atoms with Crippen LogP contribution >= 0.6 is 33.9 Å². The van der Waals surface area contributed by atoms with Crippen LogP contribution in [0.4, 0.5) is 14.5 Å². The van der Waals surface area contributed by atoms with Crippen LogP contribution in [0.25, 0.3) is 0 Å². The number of nitrogens with zero attached hydrogens (tertiary/aromatic N) is 1. The minimum absolute atomic E-state index is 0.00809. The van der Waals surface area contributed by atoms with E-state index in [2.05, 4.69) is 5.32 Å². The molecule has 2 heterocycles. The Morgan fingerprint density at radius 2 is 1.80 bits per heavy atom. The van der Waals surface area contributed by atoms with Crippen LogP contribution in [0.15, 0.2) is 28.5 Å². The second-order valence-electron chi connectivity index (χ2n) is 5.43. The molecule has 1 fully saturated rings. The van der Waals surface area contributed by atoms with E-state index in [-0.39, 0.29) is 19.0 Å². The lowest BCUT2D eigenvalue weighted by molar-refractivity contribution is 0.102. The summed E-state index contributed by atoms with van der Waals surface area (Å²) in [6.45, 7) is 0.847. The molecule has 0 bridgehead atoms. The van der Waals surface area contributed by atoms with Gasteiger partial charge >= 0.3 is 0 Å². The number of thiophene rings is 1. The summed E-state index contributed by atoms with van der Waals surface area (Å²) in [5.74, 6) is -2.31. The average Bonchev–Trinajstić information content (AvgIpc) is 3.23. The molecule has 1 aliphatic heterocycles. The Hall–Kier alpha value is -1.11. The first-order chi connectivity index (χ1) is 11.8. The summed E-state index contributed by atoms with van der Waals surface area (Å²) in [6.07, 6.45) is 1.57. The van der Waals surface area contributed by atoms with E-state index in [1.165, 1.54) is 38.3 Å². The fraction of sp³-hybridized carbons (Fsp3) is 0.267. The molecule has 2 aromatic rings. The number of amides is 1. The second-order valence-corrected chi connectivity index (χ2v) is 9.33. The van der Waals surface area contributed by atoms with Crippen LogP contribution in [0.3, 0.4) is 0 Å². The number of rotatable bonds is 4. The first-order valence-electron chi connectivity index (χ1n) is 7.34. The van der Waals surface area contributed by atoms with Crippen LogP contribution in [-0.4, -0.2) is 31.7 Å². The molecule has 1 aromatic carbocycles. The minimum atomic E-state index is -3.75. The number of carbonyl (C=O) groups excluding carboxylic acids is 1. The van der Waals surface area contributed by atoms with Crippen LogP contribution in [-0.2, 0) is 10.0 Å². The first kappa shape index (κ1) is 18.7. The van der Waals surface area contributed by atoms with Gasteiger partial charge in [-0.1, -0.05) is 0 Å². The number of halogens is 3. The molecule has 0 aliphatic carbocycles. The maximum atomic E-state index is 13.6. The number of hydrogen-bond acceptors (Lipinski definition) is 4. The third-order valence-electron chi connectivity index (χ3n) is 3.76. The van der Waals surface area contributed by atoms with E-state index in [0.717, 1.165) is 36.3 Å². The van der Waals surface area contributed by atoms with Crippen molar-refractivity contribution in [3.05, 3.63) is 43.7 Å². The molecule has 0 spiro atoms. The van der Waals surface area contributed by atoms with Crippen LogP contribution in [0.2, 0.25) is 0 Å². The van der Waals surface area contributed by atoms with E-state index >= 15 is 0 Å². The van der Waals surface area contributed by atoms with E-state index < -0.39 is 27.6 Å². The minimum Gasteiger partial charge on any atom is -0.321 e. The van der Waals surface area contributed by atoms with Gasteiger partial charge in [0.1, 0.15) is 21.4 Å². The molecule has 10 heteroatoms. The van der Waals surface area contributed by atoms with Gasteiger partial charge in [0.2, 0.25) is 10.0 Å². The van der Waals surface area contributed by atoms with Gasteiger partial charge in [0, 0.05) is 18.8 Å². The number of sulfonamides is 1. The Morgan fingerprint density at radius 3 is 2.40 bits per heavy atom. The molecule has 0 unspecified atom stereocenters. The third kappa shape index (κ3) is 3.71. The normalized spacial score (nSPS) is 15.5. The molecular formula is C15H13F2IN2O3S2. The number of carbonyl (C=O) groups is 1. The van der Waals surface area contributed by atoms with Crippen LogP contribution in [0.1, 0.15) is 22.5 Å². The van der Waals surface area contributed by atoms with Crippen molar-refractivity contribution in [2.75, 3.05) is 18.4 Å². The molecule has 5 nitrogen and oxygen atoms in total. The van der Waals surface area contributed by atoms with Gasteiger partial charge in [0.15, 0.2) is 0 Å².